The highest BCUT2D eigenvalue weighted by molar-refractivity contribution is 14.0. The second-order valence-electron chi connectivity index (χ2n) is 5.04. The number of thiazole rings is 1. The van der Waals surface area contributed by atoms with Gasteiger partial charge in [-0.3, -0.25) is 4.99 Å². The Morgan fingerprint density at radius 1 is 1.43 bits per heavy atom. The molecule has 5 nitrogen and oxygen atoms in total. The number of hydrogen-bond donors (Lipinski definition) is 2. The largest absolute Gasteiger partial charge is 0.381 e. The molecule has 0 amide bonds. The fourth-order valence-electron chi connectivity index (χ4n) is 1.58. The van der Waals surface area contributed by atoms with Crippen LogP contribution >= 0.6 is 35.3 Å². The van der Waals surface area contributed by atoms with Gasteiger partial charge < -0.3 is 15.4 Å². The maximum absolute atomic E-state index is 5.54. The van der Waals surface area contributed by atoms with Crippen LogP contribution in [0.1, 0.15) is 30.8 Å². The Balaban J connectivity index is 0.00000400. The number of aliphatic imine (C=N–C) groups is 1. The molecule has 7 heteroatoms. The molecule has 0 spiro atoms. The summed E-state index contributed by atoms with van der Waals surface area (Å²) in [6.45, 7) is 9.58. The molecule has 122 valence electrons. The molecule has 1 aromatic heterocycles. The SMILES string of the molecule is CN=C(NCCCOCC(C)C)NCc1scnc1C.I. The summed E-state index contributed by atoms with van der Waals surface area (Å²) >= 11 is 1.66. The highest BCUT2D eigenvalue weighted by Gasteiger charge is 2.02. The molecule has 0 aliphatic rings. The van der Waals surface area contributed by atoms with E-state index in [-0.39, 0.29) is 24.0 Å². The molecule has 0 bridgehead atoms. The predicted molar refractivity (Wildman–Crippen MR) is 101 cm³/mol. The fraction of sp³-hybridized carbons (Fsp3) is 0.714. The molecule has 0 aromatic carbocycles. The highest BCUT2D eigenvalue weighted by Crippen LogP contribution is 2.10. The zero-order chi connectivity index (χ0) is 14.8. The Morgan fingerprint density at radius 3 is 2.76 bits per heavy atom. The van der Waals surface area contributed by atoms with E-state index in [0.717, 1.165) is 44.4 Å². The smallest absolute Gasteiger partial charge is 0.191 e. The minimum Gasteiger partial charge on any atom is -0.381 e. The van der Waals surface area contributed by atoms with Gasteiger partial charge in [-0.15, -0.1) is 35.3 Å². The average molecular weight is 426 g/mol. The van der Waals surface area contributed by atoms with Crippen LogP contribution in [0.2, 0.25) is 0 Å². The maximum atomic E-state index is 5.54. The number of ether oxygens (including phenoxy) is 1. The van der Waals surface area contributed by atoms with E-state index in [9.17, 15) is 0 Å². The quantitative estimate of drug-likeness (QED) is 0.291. The van der Waals surface area contributed by atoms with Crippen LogP contribution in [0.25, 0.3) is 0 Å². The van der Waals surface area contributed by atoms with E-state index in [1.54, 1.807) is 18.4 Å². The van der Waals surface area contributed by atoms with E-state index in [0.29, 0.717) is 5.92 Å². The van der Waals surface area contributed by atoms with Gasteiger partial charge >= 0.3 is 0 Å². The number of aromatic nitrogens is 1. The molecule has 0 aliphatic heterocycles. The molecule has 0 unspecified atom stereocenters. The third-order valence-electron chi connectivity index (χ3n) is 2.69. The Bertz CT molecular complexity index is 409. The number of halogens is 1. The van der Waals surface area contributed by atoms with E-state index < -0.39 is 0 Å². The molecular formula is C14H27IN4OS. The third kappa shape index (κ3) is 9.26. The summed E-state index contributed by atoms with van der Waals surface area (Å²) in [6, 6.07) is 0. The second-order valence-corrected chi connectivity index (χ2v) is 5.98. The molecule has 1 rings (SSSR count). The van der Waals surface area contributed by atoms with Crippen LogP contribution in [0.15, 0.2) is 10.5 Å². The fourth-order valence-corrected chi connectivity index (χ4v) is 2.30. The van der Waals surface area contributed by atoms with Gasteiger partial charge in [0, 0.05) is 31.7 Å². The molecule has 2 N–H and O–H groups in total. The van der Waals surface area contributed by atoms with E-state index in [4.69, 9.17) is 4.74 Å². The minimum absolute atomic E-state index is 0. The van der Waals surface area contributed by atoms with E-state index in [2.05, 4.69) is 34.5 Å². The average Bonchev–Trinajstić information content (AvgIpc) is 2.82. The van der Waals surface area contributed by atoms with Crippen LogP contribution < -0.4 is 10.6 Å². The van der Waals surface area contributed by atoms with E-state index in [1.165, 1.54) is 4.88 Å². The van der Waals surface area contributed by atoms with Gasteiger partial charge in [-0.2, -0.15) is 0 Å². The predicted octanol–water partition coefficient (Wildman–Crippen LogP) is 2.80. The summed E-state index contributed by atoms with van der Waals surface area (Å²) in [6.07, 6.45) is 0.979. The van der Waals surface area contributed by atoms with Gasteiger partial charge in [0.1, 0.15) is 0 Å². The van der Waals surface area contributed by atoms with Gasteiger partial charge in [0.2, 0.25) is 0 Å². The van der Waals surface area contributed by atoms with Crippen molar-refractivity contribution in [2.24, 2.45) is 10.9 Å². The lowest BCUT2D eigenvalue weighted by Gasteiger charge is -2.12. The van der Waals surface area contributed by atoms with Crippen molar-refractivity contribution in [3.8, 4) is 0 Å². The summed E-state index contributed by atoms with van der Waals surface area (Å²) in [4.78, 5) is 9.68. The van der Waals surface area contributed by atoms with Crippen molar-refractivity contribution in [2.75, 3.05) is 26.8 Å². The molecule has 0 saturated heterocycles. The number of hydrogen-bond acceptors (Lipinski definition) is 4. The maximum Gasteiger partial charge on any atom is 0.191 e. The summed E-state index contributed by atoms with van der Waals surface area (Å²) in [5.74, 6) is 1.42. The van der Waals surface area contributed by atoms with Crippen molar-refractivity contribution in [2.45, 2.75) is 33.7 Å². The molecular weight excluding hydrogens is 399 g/mol. The third-order valence-corrected chi connectivity index (χ3v) is 3.63. The topological polar surface area (TPSA) is 58.5 Å². The Labute approximate surface area is 149 Å². The van der Waals surface area contributed by atoms with Crippen LogP contribution in [-0.4, -0.2) is 37.7 Å². The van der Waals surface area contributed by atoms with Crippen LogP contribution in [0.4, 0.5) is 0 Å². The Morgan fingerprint density at radius 2 is 2.19 bits per heavy atom. The summed E-state index contributed by atoms with van der Waals surface area (Å²) in [7, 11) is 1.78. The summed E-state index contributed by atoms with van der Waals surface area (Å²) in [5, 5.41) is 6.57. The zero-order valence-corrected chi connectivity index (χ0v) is 16.5. The molecule has 0 fully saturated rings. The summed E-state index contributed by atoms with van der Waals surface area (Å²) < 4.78 is 5.54. The van der Waals surface area contributed by atoms with Gasteiger partial charge in [-0.05, 0) is 19.3 Å². The van der Waals surface area contributed by atoms with Gasteiger partial charge in [0.05, 0.1) is 17.7 Å². The first-order valence-corrected chi connectivity index (χ1v) is 7.92. The first-order valence-electron chi connectivity index (χ1n) is 7.04. The molecule has 1 aromatic rings. The van der Waals surface area contributed by atoms with Crippen molar-refractivity contribution < 1.29 is 4.74 Å². The van der Waals surface area contributed by atoms with Gasteiger partial charge in [-0.1, -0.05) is 13.8 Å². The lowest BCUT2D eigenvalue weighted by molar-refractivity contribution is 0.108. The lowest BCUT2D eigenvalue weighted by atomic mass is 10.2. The van der Waals surface area contributed by atoms with E-state index >= 15 is 0 Å². The van der Waals surface area contributed by atoms with Crippen molar-refractivity contribution in [3.63, 3.8) is 0 Å². The van der Waals surface area contributed by atoms with E-state index in [1.807, 2.05) is 12.4 Å². The number of nitrogens with one attached hydrogen (secondary N) is 2. The number of guanidine groups is 1. The van der Waals surface area contributed by atoms with Crippen molar-refractivity contribution >= 4 is 41.3 Å². The molecule has 1 heterocycles. The van der Waals surface area contributed by atoms with Crippen molar-refractivity contribution in [1.29, 1.82) is 0 Å². The van der Waals surface area contributed by atoms with Crippen LogP contribution in [0.3, 0.4) is 0 Å². The molecule has 0 aliphatic carbocycles. The molecule has 0 atom stereocenters. The Hall–Kier alpha value is -0.410. The standard InChI is InChI=1S/C14H26N4OS.HI/c1-11(2)9-19-7-5-6-16-14(15-4)17-8-13-12(3)18-10-20-13;/h10-11H,5-9H2,1-4H3,(H2,15,16,17);1H. The zero-order valence-electron chi connectivity index (χ0n) is 13.3. The molecule has 21 heavy (non-hydrogen) atoms. The van der Waals surface area contributed by atoms with Gasteiger partial charge in [0.15, 0.2) is 5.96 Å². The van der Waals surface area contributed by atoms with Gasteiger partial charge in [0.25, 0.3) is 0 Å². The number of rotatable bonds is 8. The minimum atomic E-state index is 0. The second kappa shape index (κ2) is 12.2. The highest BCUT2D eigenvalue weighted by atomic mass is 127. The van der Waals surface area contributed by atoms with Crippen LogP contribution in [0, 0.1) is 12.8 Å². The van der Waals surface area contributed by atoms with Crippen LogP contribution in [0.5, 0.6) is 0 Å². The molecule has 0 radical (unpaired) electrons. The number of aryl methyl sites for hydroxylation is 1. The molecule has 0 saturated carbocycles. The summed E-state index contributed by atoms with van der Waals surface area (Å²) in [5.41, 5.74) is 2.95. The van der Waals surface area contributed by atoms with Crippen molar-refractivity contribution in [3.05, 3.63) is 16.1 Å². The van der Waals surface area contributed by atoms with Crippen LogP contribution in [-0.2, 0) is 11.3 Å². The normalized spacial score (nSPS) is 11.4. The first-order chi connectivity index (χ1) is 9.63. The van der Waals surface area contributed by atoms with Crippen molar-refractivity contribution in [1.82, 2.24) is 15.6 Å². The Kier molecular flexibility index (Phi) is 11.9. The first kappa shape index (κ1) is 20.6. The lowest BCUT2D eigenvalue weighted by Crippen LogP contribution is -2.37. The number of nitrogens with zero attached hydrogens (tertiary/aromatic N) is 2. The monoisotopic (exact) mass is 426 g/mol. The van der Waals surface area contributed by atoms with Gasteiger partial charge in [-0.25, -0.2) is 4.98 Å².